The molecule has 0 aliphatic rings. The molecule has 4 heterocycles. The second kappa shape index (κ2) is 14.7. The average molecular weight is 868 g/mol. The molecule has 0 spiro atoms. The van der Waals surface area contributed by atoms with Gasteiger partial charge in [-0.05, 0) is 95.3 Å². The van der Waals surface area contributed by atoms with Crippen LogP contribution in [0, 0.1) is 0 Å². The minimum atomic E-state index is -0.475. The van der Waals surface area contributed by atoms with E-state index < -0.39 is 11.9 Å². The number of aryl methyl sites for hydroxylation is 1. The lowest BCUT2D eigenvalue weighted by Gasteiger charge is -2.06. The molecule has 0 saturated carbocycles. The number of hydrogen-bond acceptors (Lipinski definition) is 6. The Morgan fingerprint density at radius 3 is 1.68 bits per heavy atom. The van der Waals surface area contributed by atoms with Crippen molar-refractivity contribution in [3.05, 3.63) is 114 Å². The van der Waals surface area contributed by atoms with E-state index in [4.69, 9.17) is 32.7 Å². The van der Waals surface area contributed by atoms with Gasteiger partial charge in [-0.3, -0.25) is 0 Å². The molecular formula is C32H25Br3Cl2N6O4. The molecule has 0 unspecified atom stereocenters. The van der Waals surface area contributed by atoms with Crippen LogP contribution >= 0.6 is 71.0 Å². The van der Waals surface area contributed by atoms with Gasteiger partial charge in [-0.2, -0.15) is 10.2 Å². The highest BCUT2D eigenvalue weighted by Crippen LogP contribution is 2.38. The van der Waals surface area contributed by atoms with Gasteiger partial charge in [0.25, 0.3) is 0 Å². The van der Waals surface area contributed by atoms with Crippen molar-refractivity contribution in [2.45, 2.75) is 0 Å². The third-order valence-electron chi connectivity index (χ3n) is 7.13. The van der Waals surface area contributed by atoms with E-state index in [0.717, 1.165) is 47.4 Å². The predicted molar refractivity (Wildman–Crippen MR) is 192 cm³/mol. The maximum absolute atomic E-state index is 11.8. The highest BCUT2D eigenvalue weighted by molar-refractivity contribution is 9.14. The Balaban J connectivity index is 0.000000186. The monoisotopic (exact) mass is 864 g/mol. The molecule has 15 heteroatoms. The number of hydrogen-bond donors (Lipinski definition) is 0. The first kappa shape index (κ1) is 34.7. The summed E-state index contributed by atoms with van der Waals surface area (Å²) < 4.78 is 19.6. The van der Waals surface area contributed by atoms with E-state index in [1.165, 1.54) is 14.2 Å². The summed E-state index contributed by atoms with van der Waals surface area (Å²) in [5, 5.41) is 9.51. The Morgan fingerprint density at radius 1 is 0.723 bits per heavy atom. The molecule has 0 amide bonds. The number of carbonyl (C=O) groups excluding carboxylic acids is 2. The lowest BCUT2D eigenvalue weighted by Crippen LogP contribution is -2.03. The number of carbonyl (C=O) groups is 2. The van der Waals surface area contributed by atoms with Crippen molar-refractivity contribution >= 4 is 82.9 Å². The van der Waals surface area contributed by atoms with Crippen LogP contribution in [0.25, 0.3) is 33.9 Å². The number of ether oxygens (including phenoxy) is 2. The molecule has 0 atom stereocenters. The average Bonchev–Trinajstić information content (AvgIpc) is 3.88. The van der Waals surface area contributed by atoms with Crippen LogP contribution < -0.4 is 0 Å². The Labute approximate surface area is 305 Å². The molecule has 6 rings (SSSR count). The molecule has 0 aliphatic carbocycles. The molecule has 0 bridgehead atoms. The van der Waals surface area contributed by atoms with Crippen LogP contribution in [0.5, 0.6) is 0 Å². The fourth-order valence-electron chi connectivity index (χ4n) is 4.65. The normalized spacial score (nSPS) is 10.8. The third-order valence-corrected chi connectivity index (χ3v) is 11.3. The van der Waals surface area contributed by atoms with E-state index in [0.29, 0.717) is 21.2 Å². The van der Waals surface area contributed by atoms with Gasteiger partial charge in [0.1, 0.15) is 16.2 Å². The number of nitrogens with zero attached hydrogens (tertiary/aromatic N) is 6. The summed E-state index contributed by atoms with van der Waals surface area (Å²) in [6.45, 7) is 0. The number of benzene rings is 2. The largest absolute Gasteiger partial charge is 0.465 e. The van der Waals surface area contributed by atoms with Gasteiger partial charge >= 0.3 is 11.9 Å². The van der Waals surface area contributed by atoms with Gasteiger partial charge in [-0.25, -0.2) is 19.0 Å². The van der Waals surface area contributed by atoms with E-state index in [2.05, 4.69) is 58.0 Å². The summed E-state index contributed by atoms with van der Waals surface area (Å²) in [4.78, 5) is 23.6. The molecule has 242 valence electrons. The predicted octanol–water partition coefficient (Wildman–Crippen LogP) is 8.92. The van der Waals surface area contributed by atoms with Gasteiger partial charge in [0.15, 0.2) is 0 Å². The van der Waals surface area contributed by atoms with Crippen molar-refractivity contribution in [3.63, 3.8) is 0 Å². The summed E-state index contributed by atoms with van der Waals surface area (Å²) >= 11 is 22.7. The van der Waals surface area contributed by atoms with E-state index in [1.807, 2.05) is 66.1 Å². The fourth-order valence-corrected chi connectivity index (χ4v) is 6.75. The maximum Gasteiger partial charge on any atom is 0.339 e. The first-order chi connectivity index (χ1) is 22.4. The van der Waals surface area contributed by atoms with Gasteiger partial charge in [-0.15, -0.1) is 0 Å². The fraction of sp³-hybridized carbons (Fsp3) is 0.125. The maximum atomic E-state index is 11.8. The van der Waals surface area contributed by atoms with Gasteiger partial charge in [0, 0.05) is 43.8 Å². The Bertz CT molecular complexity index is 2090. The van der Waals surface area contributed by atoms with Gasteiger partial charge in [-0.1, -0.05) is 35.3 Å². The van der Waals surface area contributed by atoms with Gasteiger partial charge in [0.05, 0.1) is 56.7 Å². The Hall–Kier alpha value is -3.62. The molecule has 0 aliphatic heterocycles. The molecule has 6 aromatic rings. The van der Waals surface area contributed by atoms with Crippen molar-refractivity contribution in [1.29, 1.82) is 0 Å². The highest BCUT2D eigenvalue weighted by atomic mass is 79.9. The van der Waals surface area contributed by atoms with Crippen molar-refractivity contribution in [2.24, 2.45) is 14.1 Å². The highest BCUT2D eigenvalue weighted by Gasteiger charge is 2.19. The lowest BCUT2D eigenvalue weighted by atomic mass is 10.1. The van der Waals surface area contributed by atoms with Crippen LogP contribution in [0.2, 0.25) is 10.0 Å². The molecule has 0 radical (unpaired) electrons. The summed E-state index contributed by atoms with van der Waals surface area (Å²) in [6, 6.07) is 14.4. The number of esters is 2. The lowest BCUT2D eigenvalue weighted by molar-refractivity contribution is 0.0592. The van der Waals surface area contributed by atoms with Crippen LogP contribution in [-0.2, 0) is 23.6 Å². The molecule has 0 fully saturated rings. The van der Waals surface area contributed by atoms with Crippen LogP contribution in [0.3, 0.4) is 0 Å². The van der Waals surface area contributed by atoms with Crippen LogP contribution in [0.15, 0.2) is 93.1 Å². The zero-order valence-electron chi connectivity index (χ0n) is 25.2. The van der Waals surface area contributed by atoms with Crippen molar-refractivity contribution in [1.82, 2.24) is 28.7 Å². The van der Waals surface area contributed by atoms with Crippen molar-refractivity contribution in [2.75, 3.05) is 14.2 Å². The molecule has 0 saturated heterocycles. The molecule has 2 aromatic carbocycles. The smallest absolute Gasteiger partial charge is 0.339 e. The van der Waals surface area contributed by atoms with Crippen LogP contribution in [0.1, 0.15) is 20.7 Å². The van der Waals surface area contributed by atoms with Crippen LogP contribution in [-0.4, -0.2) is 54.9 Å². The van der Waals surface area contributed by atoms with Crippen molar-refractivity contribution < 1.29 is 19.1 Å². The van der Waals surface area contributed by atoms with E-state index in [-0.39, 0.29) is 0 Å². The van der Waals surface area contributed by atoms with Crippen LogP contribution in [0.4, 0.5) is 0 Å². The number of aromatic nitrogens is 6. The zero-order chi connectivity index (χ0) is 34.0. The Morgan fingerprint density at radius 2 is 1.23 bits per heavy atom. The quantitative estimate of drug-likeness (QED) is 0.155. The summed E-state index contributed by atoms with van der Waals surface area (Å²) in [7, 11) is 6.53. The minimum Gasteiger partial charge on any atom is -0.465 e. The number of rotatable bonds is 6. The van der Waals surface area contributed by atoms with Crippen molar-refractivity contribution in [3.8, 4) is 33.9 Å². The first-order valence-electron chi connectivity index (χ1n) is 13.6. The van der Waals surface area contributed by atoms with Gasteiger partial charge in [0.2, 0.25) is 0 Å². The second-order valence-electron chi connectivity index (χ2n) is 10.00. The summed E-state index contributed by atoms with van der Waals surface area (Å²) in [6.07, 6.45) is 9.21. The molecular weight excluding hydrogens is 843 g/mol. The standard InChI is InChI=1S/C16H11Br3ClN3O2.C16H14ClN3O2/c1-22-14(19)12(17)13(18)15(22)23-7-9(6-21-23)8-3-4-11(20)10(5-8)16(24)25-2;1-19-7-3-4-15(19)20-10-12(9-18-20)11-5-6-14(17)13(8-11)16(21)22-2/h3-7H,1-2H3;3-10H,1-2H3. The first-order valence-corrected chi connectivity index (χ1v) is 16.8. The Kier molecular flexibility index (Phi) is 10.8. The summed E-state index contributed by atoms with van der Waals surface area (Å²) in [5.74, 6) is 0.875. The zero-order valence-corrected chi connectivity index (χ0v) is 31.5. The molecule has 47 heavy (non-hydrogen) atoms. The third kappa shape index (κ3) is 7.14. The molecule has 10 nitrogen and oxygen atoms in total. The molecule has 4 aromatic heterocycles. The summed E-state index contributed by atoms with van der Waals surface area (Å²) in [5.41, 5.74) is 4.07. The van der Waals surface area contributed by atoms with Gasteiger partial charge < -0.3 is 18.6 Å². The molecule has 0 N–H and O–H groups in total. The number of halogens is 5. The van der Waals surface area contributed by atoms with E-state index >= 15 is 0 Å². The number of methoxy groups -OCH3 is 2. The second-order valence-corrected chi connectivity index (χ2v) is 13.1. The topological polar surface area (TPSA) is 98.1 Å². The van der Waals surface area contributed by atoms with E-state index in [1.54, 1.807) is 46.0 Å². The minimum absolute atomic E-state index is 0.319. The van der Waals surface area contributed by atoms with E-state index in [9.17, 15) is 9.59 Å². The SMILES string of the molecule is COC(=O)c1cc(-c2cnn(-c3c(Br)c(Br)c(Br)n3C)c2)ccc1Cl.COC(=O)c1cc(-c2cnn(-c3cccn3C)c2)ccc1Cl.